The maximum atomic E-state index is 13.5. The topological polar surface area (TPSA) is 63.8 Å². The summed E-state index contributed by atoms with van der Waals surface area (Å²) in [5.74, 6) is 1.83. The van der Waals surface area contributed by atoms with Crippen LogP contribution >= 0.6 is 0 Å². The molecule has 3 rings (SSSR count). The SMILES string of the molecule is Cc1nnc(C[C@@H]2CC[C@H](Nc3ncccc3F)C2)o1. The zero-order valence-corrected chi connectivity index (χ0v) is 11.3. The highest BCUT2D eigenvalue weighted by Crippen LogP contribution is 2.30. The van der Waals surface area contributed by atoms with Gasteiger partial charge in [-0.1, -0.05) is 0 Å². The summed E-state index contributed by atoms with van der Waals surface area (Å²) >= 11 is 0. The normalized spacial score (nSPS) is 22.1. The van der Waals surface area contributed by atoms with E-state index in [0.29, 0.717) is 23.5 Å². The Balaban J connectivity index is 1.56. The summed E-state index contributed by atoms with van der Waals surface area (Å²) in [7, 11) is 0. The first kappa shape index (κ1) is 13.0. The summed E-state index contributed by atoms with van der Waals surface area (Å²) in [5.41, 5.74) is 0. The minimum atomic E-state index is -0.302. The van der Waals surface area contributed by atoms with E-state index in [1.807, 2.05) is 0 Å². The Morgan fingerprint density at radius 3 is 3.05 bits per heavy atom. The summed E-state index contributed by atoms with van der Waals surface area (Å²) in [6, 6.07) is 3.27. The van der Waals surface area contributed by atoms with Gasteiger partial charge in [0.25, 0.3) is 0 Å². The maximum Gasteiger partial charge on any atom is 0.216 e. The predicted molar refractivity (Wildman–Crippen MR) is 71.7 cm³/mol. The fourth-order valence-electron chi connectivity index (χ4n) is 2.74. The molecule has 2 heterocycles. The van der Waals surface area contributed by atoms with Gasteiger partial charge in [0.2, 0.25) is 11.8 Å². The van der Waals surface area contributed by atoms with Crippen LogP contribution in [-0.4, -0.2) is 21.2 Å². The van der Waals surface area contributed by atoms with E-state index >= 15 is 0 Å². The highest BCUT2D eigenvalue weighted by molar-refractivity contribution is 5.36. The second-order valence-corrected chi connectivity index (χ2v) is 5.27. The van der Waals surface area contributed by atoms with E-state index in [2.05, 4.69) is 20.5 Å². The van der Waals surface area contributed by atoms with Crippen molar-refractivity contribution in [3.8, 4) is 0 Å². The number of anilines is 1. The lowest BCUT2D eigenvalue weighted by molar-refractivity contribution is 0.416. The van der Waals surface area contributed by atoms with Crippen molar-refractivity contribution in [3.05, 3.63) is 35.9 Å². The number of aromatic nitrogens is 3. The Morgan fingerprint density at radius 2 is 2.30 bits per heavy atom. The molecule has 20 heavy (non-hydrogen) atoms. The first-order chi connectivity index (χ1) is 9.70. The minimum absolute atomic E-state index is 0.258. The van der Waals surface area contributed by atoms with Gasteiger partial charge in [-0.05, 0) is 37.3 Å². The Bertz CT molecular complexity index is 586. The van der Waals surface area contributed by atoms with Crippen LogP contribution in [0.25, 0.3) is 0 Å². The van der Waals surface area contributed by atoms with Gasteiger partial charge in [-0.3, -0.25) is 0 Å². The quantitative estimate of drug-likeness (QED) is 0.930. The van der Waals surface area contributed by atoms with Gasteiger partial charge in [-0.25, -0.2) is 9.37 Å². The van der Waals surface area contributed by atoms with Crippen LogP contribution in [0.1, 0.15) is 31.0 Å². The third kappa shape index (κ3) is 2.95. The Hall–Kier alpha value is -1.98. The Kier molecular flexibility index (Phi) is 3.62. The fraction of sp³-hybridized carbons (Fsp3) is 0.500. The molecule has 2 aromatic rings. The monoisotopic (exact) mass is 276 g/mol. The third-order valence-corrected chi connectivity index (χ3v) is 3.67. The van der Waals surface area contributed by atoms with Crippen LogP contribution in [0, 0.1) is 18.7 Å². The second kappa shape index (κ2) is 5.56. The van der Waals surface area contributed by atoms with Crippen molar-refractivity contribution in [2.75, 3.05) is 5.32 Å². The van der Waals surface area contributed by atoms with Crippen LogP contribution < -0.4 is 5.32 Å². The van der Waals surface area contributed by atoms with E-state index in [4.69, 9.17) is 4.42 Å². The number of halogens is 1. The Labute approximate surface area is 116 Å². The van der Waals surface area contributed by atoms with E-state index in [1.165, 1.54) is 6.07 Å². The van der Waals surface area contributed by atoms with Crippen molar-refractivity contribution in [3.63, 3.8) is 0 Å². The molecule has 5 nitrogen and oxygen atoms in total. The van der Waals surface area contributed by atoms with E-state index in [-0.39, 0.29) is 11.9 Å². The van der Waals surface area contributed by atoms with Gasteiger partial charge in [0.15, 0.2) is 11.6 Å². The lowest BCUT2D eigenvalue weighted by atomic mass is 10.0. The molecule has 1 aliphatic carbocycles. The smallest absolute Gasteiger partial charge is 0.216 e. The van der Waals surface area contributed by atoms with Crippen molar-refractivity contribution in [2.24, 2.45) is 5.92 Å². The molecule has 0 spiro atoms. The third-order valence-electron chi connectivity index (χ3n) is 3.67. The van der Waals surface area contributed by atoms with Crippen LogP contribution in [-0.2, 0) is 6.42 Å². The van der Waals surface area contributed by atoms with E-state index in [0.717, 1.165) is 25.7 Å². The number of hydrogen-bond acceptors (Lipinski definition) is 5. The number of nitrogens with zero attached hydrogens (tertiary/aromatic N) is 3. The number of aryl methyl sites for hydroxylation is 1. The van der Waals surface area contributed by atoms with E-state index in [1.54, 1.807) is 19.2 Å². The molecule has 106 valence electrons. The number of pyridine rings is 1. The molecule has 1 aliphatic rings. The highest BCUT2D eigenvalue weighted by atomic mass is 19.1. The summed E-state index contributed by atoms with van der Waals surface area (Å²) in [6.45, 7) is 1.79. The first-order valence-corrected chi connectivity index (χ1v) is 6.87. The van der Waals surface area contributed by atoms with E-state index < -0.39 is 0 Å². The number of nitrogens with one attached hydrogen (secondary N) is 1. The minimum Gasteiger partial charge on any atom is -0.426 e. The average molecular weight is 276 g/mol. The largest absolute Gasteiger partial charge is 0.426 e. The second-order valence-electron chi connectivity index (χ2n) is 5.27. The first-order valence-electron chi connectivity index (χ1n) is 6.87. The highest BCUT2D eigenvalue weighted by Gasteiger charge is 2.27. The molecule has 1 N–H and O–H groups in total. The van der Waals surface area contributed by atoms with Crippen LogP contribution in [0.4, 0.5) is 10.2 Å². The predicted octanol–water partition coefficient (Wildman–Crippen LogP) is 2.74. The lowest BCUT2D eigenvalue weighted by Crippen LogP contribution is -2.17. The summed E-state index contributed by atoms with van der Waals surface area (Å²) in [6.07, 6.45) is 5.45. The molecule has 1 fully saturated rings. The molecule has 0 aliphatic heterocycles. The summed E-state index contributed by atoms with van der Waals surface area (Å²) in [4.78, 5) is 4.03. The molecule has 2 aromatic heterocycles. The average Bonchev–Trinajstić information content (AvgIpc) is 3.02. The van der Waals surface area contributed by atoms with Crippen molar-refractivity contribution in [1.82, 2.24) is 15.2 Å². The van der Waals surface area contributed by atoms with Crippen molar-refractivity contribution >= 4 is 5.82 Å². The molecule has 2 atom stereocenters. The van der Waals surface area contributed by atoms with Gasteiger partial charge < -0.3 is 9.73 Å². The van der Waals surface area contributed by atoms with Crippen molar-refractivity contribution in [2.45, 2.75) is 38.6 Å². The summed E-state index contributed by atoms with van der Waals surface area (Å²) in [5, 5.41) is 11.0. The van der Waals surface area contributed by atoms with Gasteiger partial charge in [0.05, 0.1) is 0 Å². The van der Waals surface area contributed by atoms with E-state index in [9.17, 15) is 4.39 Å². The molecule has 1 saturated carbocycles. The fourth-order valence-corrected chi connectivity index (χ4v) is 2.74. The standard InChI is InChI=1S/C14H17FN4O/c1-9-18-19-13(20-9)8-10-4-5-11(7-10)17-14-12(15)3-2-6-16-14/h2-3,6,10-11H,4-5,7-8H2,1H3,(H,16,17)/t10-,11+/m1/s1. The zero-order valence-electron chi connectivity index (χ0n) is 11.3. The number of rotatable bonds is 4. The number of hydrogen-bond donors (Lipinski definition) is 1. The van der Waals surface area contributed by atoms with Gasteiger partial charge in [0.1, 0.15) is 0 Å². The van der Waals surface area contributed by atoms with Gasteiger partial charge in [0, 0.05) is 25.6 Å². The Morgan fingerprint density at radius 1 is 1.40 bits per heavy atom. The van der Waals surface area contributed by atoms with Crippen molar-refractivity contribution in [1.29, 1.82) is 0 Å². The lowest BCUT2D eigenvalue weighted by Gasteiger charge is -2.13. The van der Waals surface area contributed by atoms with Crippen molar-refractivity contribution < 1.29 is 8.81 Å². The molecule has 0 aromatic carbocycles. The van der Waals surface area contributed by atoms with Gasteiger partial charge >= 0.3 is 0 Å². The van der Waals surface area contributed by atoms with Crippen LogP contribution in [0.5, 0.6) is 0 Å². The van der Waals surface area contributed by atoms with Gasteiger partial charge in [-0.15, -0.1) is 10.2 Å². The molecule has 0 amide bonds. The maximum absolute atomic E-state index is 13.5. The molecule has 0 saturated heterocycles. The van der Waals surface area contributed by atoms with Gasteiger partial charge in [-0.2, -0.15) is 0 Å². The molecular formula is C14H17FN4O. The molecule has 0 unspecified atom stereocenters. The molecule has 0 bridgehead atoms. The molecular weight excluding hydrogens is 259 g/mol. The molecule has 6 heteroatoms. The zero-order chi connectivity index (χ0) is 13.9. The van der Waals surface area contributed by atoms with Crippen LogP contribution in [0.15, 0.2) is 22.7 Å². The van der Waals surface area contributed by atoms with Crippen LogP contribution in [0.3, 0.4) is 0 Å². The summed E-state index contributed by atoms with van der Waals surface area (Å²) < 4.78 is 18.9. The molecule has 0 radical (unpaired) electrons. The van der Waals surface area contributed by atoms with Crippen LogP contribution in [0.2, 0.25) is 0 Å².